The normalized spacial score (nSPS) is 19.0. The summed E-state index contributed by atoms with van der Waals surface area (Å²) in [6.45, 7) is 1.07. The predicted octanol–water partition coefficient (Wildman–Crippen LogP) is 2.08. The Morgan fingerprint density at radius 2 is 2.04 bits per heavy atom. The van der Waals surface area contributed by atoms with E-state index in [1.807, 2.05) is 0 Å². The minimum absolute atomic E-state index is 0.113. The fourth-order valence-corrected chi connectivity index (χ4v) is 4.61. The van der Waals surface area contributed by atoms with E-state index in [1.165, 1.54) is 19.8 Å². The van der Waals surface area contributed by atoms with E-state index in [1.54, 1.807) is 25.2 Å². The van der Waals surface area contributed by atoms with E-state index in [4.69, 9.17) is 23.2 Å². The Morgan fingerprint density at radius 1 is 1.31 bits per heavy atom. The Bertz CT molecular complexity index is 984. The van der Waals surface area contributed by atoms with Gasteiger partial charge in [0.05, 0.1) is 12.8 Å². The predicted molar refractivity (Wildman–Crippen MR) is 101 cm³/mol. The maximum atomic E-state index is 12.6. The molecule has 0 bridgehead atoms. The molecule has 3 rings (SSSR count). The van der Waals surface area contributed by atoms with E-state index in [-0.39, 0.29) is 18.2 Å². The SMILES string of the molecule is Cn1c([C@H]2CCCN(S(C)(=O)=O)C2)nn(Cc2ccc(Cl)cc2Cl)c1=O. The van der Waals surface area contributed by atoms with E-state index < -0.39 is 10.0 Å². The first-order chi connectivity index (χ1) is 12.2. The number of sulfonamides is 1. The third-order valence-corrected chi connectivity index (χ3v) is 6.48. The number of benzene rings is 1. The Kier molecular flexibility index (Phi) is 5.48. The zero-order chi connectivity index (χ0) is 19.1. The number of hydrogen-bond acceptors (Lipinski definition) is 4. The first-order valence-corrected chi connectivity index (χ1v) is 10.8. The molecular weight excluding hydrogens is 399 g/mol. The molecule has 1 atom stereocenters. The molecule has 26 heavy (non-hydrogen) atoms. The highest BCUT2D eigenvalue weighted by Crippen LogP contribution is 2.26. The molecule has 142 valence electrons. The minimum atomic E-state index is -3.26. The van der Waals surface area contributed by atoms with Crippen LogP contribution >= 0.6 is 23.2 Å². The van der Waals surface area contributed by atoms with Crippen molar-refractivity contribution < 1.29 is 8.42 Å². The Hall–Kier alpha value is -1.35. The van der Waals surface area contributed by atoms with Gasteiger partial charge < -0.3 is 0 Å². The van der Waals surface area contributed by atoms with Gasteiger partial charge in [-0.05, 0) is 30.5 Å². The summed E-state index contributed by atoms with van der Waals surface area (Å²) in [6.07, 6.45) is 2.73. The number of piperidine rings is 1. The van der Waals surface area contributed by atoms with E-state index in [0.29, 0.717) is 29.0 Å². The lowest BCUT2D eigenvalue weighted by atomic mass is 9.99. The van der Waals surface area contributed by atoms with Crippen molar-refractivity contribution in [3.8, 4) is 0 Å². The van der Waals surface area contributed by atoms with Gasteiger partial charge >= 0.3 is 5.69 Å². The third-order valence-electron chi connectivity index (χ3n) is 4.63. The molecule has 1 fully saturated rings. The summed E-state index contributed by atoms with van der Waals surface area (Å²) in [7, 11) is -1.60. The Labute approximate surface area is 162 Å². The van der Waals surface area contributed by atoms with Crippen LogP contribution in [-0.2, 0) is 23.6 Å². The summed E-state index contributed by atoms with van der Waals surface area (Å²) in [5.74, 6) is 0.478. The van der Waals surface area contributed by atoms with Gasteiger partial charge in [0.1, 0.15) is 5.82 Å². The first-order valence-electron chi connectivity index (χ1n) is 8.19. The second kappa shape index (κ2) is 7.34. The van der Waals surface area contributed by atoms with Crippen molar-refractivity contribution in [3.63, 3.8) is 0 Å². The van der Waals surface area contributed by atoms with Crippen LogP contribution in [-0.4, -0.2) is 46.4 Å². The second-order valence-electron chi connectivity index (χ2n) is 6.55. The van der Waals surface area contributed by atoms with Gasteiger partial charge in [0, 0.05) is 36.1 Å². The quantitative estimate of drug-likeness (QED) is 0.761. The van der Waals surface area contributed by atoms with Crippen molar-refractivity contribution in [3.05, 3.63) is 50.1 Å². The molecule has 0 amide bonds. The van der Waals surface area contributed by atoms with Crippen molar-refractivity contribution in [2.45, 2.75) is 25.3 Å². The van der Waals surface area contributed by atoms with Gasteiger partial charge in [0.15, 0.2) is 0 Å². The molecule has 2 heterocycles. The van der Waals surface area contributed by atoms with Gasteiger partial charge in [-0.1, -0.05) is 29.3 Å². The highest BCUT2D eigenvalue weighted by molar-refractivity contribution is 7.88. The zero-order valence-electron chi connectivity index (χ0n) is 14.5. The third kappa shape index (κ3) is 3.98. The van der Waals surface area contributed by atoms with Crippen molar-refractivity contribution in [1.82, 2.24) is 18.7 Å². The van der Waals surface area contributed by atoms with Crippen LogP contribution in [0.3, 0.4) is 0 Å². The molecule has 1 aliphatic rings. The number of aromatic nitrogens is 3. The minimum Gasteiger partial charge on any atom is -0.282 e. The molecule has 1 saturated heterocycles. The second-order valence-corrected chi connectivity index (χ2v) is 9.38. The molecule has 1 aliphatic heterocycles. The number of nitrogens with zero attached hydrogens (tertiary/aromatic N) is 4. The Balaban J connectivity index is 1.89. The fraction of sp³-hybridized carbons (Fsp3) is 0.500. The molecule has 0 radical (unpaired) electrons. The Morgan fingerprint density at radius 3 is 2.69 bits per heavy atom. The smallest absolute Gasteiger partial charge is 0.282 e. The van der Waals surface area contributed by atoms with Crippen LogP contribution in [0.4, 0.5) is 0 Å². The summed E-state index contributed by atoms with van der Waals surface area (Å²) in [5, 5.41) is 5.46. The van der Waals surface area contributed by atoms with Crippen LogP contribution in [0.1, 0.15) is 30.1 Å². The zero-order valence-corrected chi connectivity index (χ0v) is 16.9. The molecule has 0 spiro atoms. The van der Waals surface area contributed by atoms with Crippen molar-refractivity contribution in [1.29, 1.82) is 0 Å². The molecule has 0 aliphatic carbocycles. The van der Waals surface area contributed by atoms with Gasteiger partial charge in [0.25, 0.3) is 0 Å². The lowest BCUT2D eigenvalue weighted by molar-refractivity contribution is 0.307. The van der Waals surface area contributed by atoms with Crippen LogP contribution in [0.25, 0.3) is 0 Å². The number of hydrogen-bond donors (Lipinski definition) is 0. The lowest BCUT2D eigenvalue weighted by Gasteiger charge is -2.30. The first kappa shape index (κ1) is 19.4. The van der Waals surface area contributed by atoms with Gasteiger partial charge in [-0.25, -0.2) is 22.2 Å². The monoisotopic (exact) mass is 418 g/mol. The van der Waals surface area contributed by atoms with Gasteiger partial charge in [0.2, 0.25) is 10.0 Å². The summed E-state index contributed by atoms with van der Waals surface area (Å²) < 4.78 is 27.9. The van der Waals surface area contributed by atoms with Crippen LogP contribution < -0.4 is 5.69 Å². The maximum absolute atomic E-state index is 12.6. The van der Waals surface area contributed by atoms with Crippen LogP contribution in [0.5, 0.6) is 0 Å². The van der Waals surface area contributed by atoms with E-state index in [9.17, 15) is 13.2 Å². The van der Waals surface area contributed by atoms with Gasteiger partial charge in [-0.15, -0.1) is 0 Å². The molecule has 7 nitrogen and oxygen atoms in total. The molecule has 1 aromatic carbocycles. The van der Waals surface area contributed by atoms with E-state index in [0.717, 1.165) is 18.4 Å². The molecule has 2 aromatic rings. The highest BCUT2D eigenvalue weighted by Gasteiger charge is 2.30. The largest absolute Gasteiger partial charge is 0.345 e. The van der Waals surface area contributed by atoms with E-state index in [2.05, 4.69) is 5.10 Å². The molecule has 1 aromatic heterocycles. The molecule has 0 N–H and O–H groups in total. The van der Waals surface area contributed by atoms with Crippen molar-refractivity contribution in [2.24, 2.45) is 7.05 Å². The van der Waals surface area contributed by atoms with Crippen LogP contribution in [0.2, 0.25) is 10.0 Å². The molecule has 0 unspecified atom stereocenters. The fourth-order valence-electron chi connectivity index (χ4n) is 3.23. The number of halogens is 2. The summed E-state index contributed by atoms with van der Waals surface area (Å²) in [6, 6.07) is 5.10. The lowest BCUT2D eigenvalue weighted by Crippen LogP contribution is -2.39. The summed E-state index contributed by atoms with van der Waals surface area (Å²) in [4.78, 5) is 12.6. The molecular formula is C16H20Cl2N4O3S. The van der Waals surface area contributed by atoms with Gasteiger partial charge in [-0.2, -0.15) is 5.10 Å². The standard InChI is InChI=1S/C16H20Cl2N4O3S/c1-20-15(12-4-3-7-21(9-12)26(2,24)25)19-22(16(20)23)10-11-5-6-13(17)8-14(11)18/h5-6,8,12H,3-4,7,9-10H2,1-2H3/t12-/m0/s1. The van der Waals surface area contributed by atoms with Gasteiger partial charge in [-0.3, -0.25) is 4.57 Å². The summed E-state index contributed by atoms with van der Waals surface area (Å²) >= 11 is 12.1. The van der Waals surface area contributed by atoms with E-state index >= 15 is 0 Å². The van der Waals surface area contributed by atoms with Crippen LogP contribution in [0, 0.1) is 0 Å². The van der Waals surface area contributed by atoms with Crippen molar-refractivity contribution >= 4 is 33.2 Å². The molecule has 0 saturated carbocycles. The topological polar surface area (TPSA) is 77.2 Å². The highest BCUT2D eigenvalue weighted by atomic mass is 35.5. The average molecular weight is 419 g/mol. The average Bonchev–Trinajstić information content (AvgIpc) is 2.85. The molecule has 10 heteroatoms. The maximum Gasteiger partial charge on any atom is 0.345 e. The van der Waals surface area contributed by atoms with Crippen LogP contribution in [0.15, 0.2) is 23.0 Å². The summed E-state index contributed by atoms with van der Waals surface area (Å²) in [5.41, 5.74) is 0.478. The number of rotatable bonds is 4. The van der Waals surface area contributed by atoms with Crippen molar-refractivity contribution in [2.75, 3.05) is 19.3 Å².